The lowest BCUT2D eigenvalue weighted by Crippen LogP contribution is -2.28. The summed E-state index contributed by atoms with van der Waals surface area (Å²) >= 11 is 1.47. The predicted octanol–water partition coefficient (Wildman–Crippen LogP) is 2.25. The van der Waals surface area contributed by atoms with E-state index in [1.807, 2.05) is 12.3 Å². The average molecular weight is 329 g/mol. The second-order valence-electron chi connectivity index (χ2n) is 4.77. The molecule has 114 valence electrons. The van der Waals surface area contributed by atoms with Gasteiger partial charge in [-0.3, -0.25) is 0 Å². The molecule has 0 aliphatic heterocycles. The van der Waals surface area contributed by atoms with Crippen LogP contribution < -0.4 is 10.5 Å². The quantitative estimate of drug-likeness (QED) is 0.824. The first-order valence-corrected chi connectivity index (χ1v) is 8.62. The Morgan fingerprint density at radius 2 is 2.19 bits per heavy atom. The van der Waals surface area contributed by atoms with Crippen LogP contribution in [0, 0.1) is 12.7 Å². The van der Waals surface area contributed by atoms with E-state index in [2.05, 4.69) is 9.71 Å². The Labute approximate surface area is 127 Å². The molecule has 0 amide bonds. The minimum atomic E-state index is -3.73. The molecule has 0 aliphatic carbocycles. The Balaban J connectivity index is 2.15. The molecule has 1 atom stereocenters. The fraction of sp³-hybridized carbons (Fsp3) is 0.308. The number of hydrogen-bond donors (Lipinski definition) is 2. The minimum Gasteiger partial charge on any atom is -0.396 e. The van der Waals surface area contributed by atoms with Gasteiger partial charge in [-0.25, -0.2) is 22.5 Å². The number of hydrogen-bond acceptors (Lipinski definition) is 5. The Morgan fingerprint density at radius 1 is 1.48 bits per heavy atom. The third-order valence-corrected chi connectivity index (χ3v) is 5.43. The minimum absolute atomic E-state index is 0.0368. The van der Waals surface area contributed by atoms with Crippen molar-refractivity contribution in [1.29, 1.82) is 0 Å². The van der Waals surface area contributed by atoms with Gasteiger partial charge in [-0.05, 0) is 24.6 Å². The summed E-state index contributed by atoms with van der Waals surface area (Å²) in [6.07, 6.45) is 1.68. The lowest BCUT2D eigenvalue weighted by molar-refractivity contribution is 0.573. The van der Waals surface area contributed by atoms with E-state index in [1.54, 1.807) is 6.20 Å². The SMILES string of the molecule is Cc1cc(S(=O)(=O)NCC(C)c2nccs2)cc(N)c1F. The van der Waals surface area contributed by atoms with Gasteiger partial charge in [0.2, 0.25) is 10.0 Å². The third kappa shape index (κ3) is 3.58. The van der Waals surface area contributed by atoms with E-state index in [1.165, 1.54) is 24.3 Å². The molecule has 1 heterocycles. The zero-order valence-electron chi connectivity index (χ0n) is 11.6. The molecule has 0 saturated carbocycles. The standard InChI is InChI=1S/C13H16FN3O2S2/c1-8-5-10(6-11(15)12(8)14)21(18,19)17-7-9(2)13-16-3-4-20-13/h3-6,9,17H,7,15H2,1-2H3. The van der Waals surface area contributed by atoms with E-state index in [9.17, 15) is 12.8 Å². The summed E-state index contributed by atoms with van der Waals surface area (Å²) in [6.45, 7) is 3.57. The number of aromatic nitrogens is 1. The molecule has 21 heavy (non-hydrogen) atoms. The van der Waals surface area contributed by atoms with Crippen LogP contribution in [0.5, 0.6) is 0 Å². The highest BCUT2D eigenvalue weighted by atomic mass is 32.2. The van der Waals surface area contributed by atoms with E-state index >= 15 is 0 Å². The molecule has 0 fully saturated rings. The monoisotopic (exact) mass is 329 g/mol. The first kappa shape index (κ1) is 15.9. The Hall–Kier alpha value is -1.51. The van der Waals surface area contributed by atoms with Crippen LogP contribution in [0.4, 0.5) is 10.1 Å². The van der Waals surface area contributed by atoms with Gasteiger partial charge in [-0.1, -0.05) is 6.92 Å². The summed E-state index contributed by atoms with van der Waals surface area (Å²) < 4.78 is 40.4. The highest BCUT2D eigenvalue weighted by Gasteiger charge is 2.19. The van der Waals surface area contributed by atoms with Gasteiger partial charge in [0.1, 0.15) is 5.82 Å². The number of benzene rings is 1. The summed E-state index contributed by atoms with van der Waals surface area (Å²) in [4.78, 5) is 4.11. The number of rotatable bonds is 5. The molecular formula is C13H16FN3O2S2. The number of aryl methyl sites for hydroxylation is 1. The van der Waals surface area contributed by atoms with Crippen LogP contribution in [0.3, 0.4) is 0 Å². The van der Waals surface area contributed by atoms with Crippen molar-refractivity contribution in [3.8, 4) is 0 Å². The molecule has 2 aromatic rings. The molecule has 2 rings (SSSR count). The average Bonchev–Trinajstić information content (AvgIpc) is 2.95. The number of nitrogens with two attached hydrogens (primary N) is 1. The number of nitrogens with zero attached hydrogens (tertiary/aromatic N) is 1. The van der Waals surface area contributed by atoms with Gasteiger partial charge >= 0.3 is 0 Å². The van der Waals surface area contributed by atoms with Crippen molar-refractivity contribution in [3.63, 3.8) is 0 Å². The largest absolute Gasteiger partial charge is 0.396 e. The van der Waals surface area contributed by atoms with Gasteiger partial charge in [0, 0.05) is 24.0 Å². The first-order valence-electron chi connectivity index (χ1n) is 6.26. The second-order valence-corrected chi connectivity index (χ2v) is 7.46. The molecule has 0 bridgehead atoms. The van der Waals surface area contributed by atoms with Crippen molar-refractivity contribution in [2.75, 3.05) is 12.3 Å². The molecule has 8 heteroatoms. The van der Waals surface area contributed by atoms with Crippen molar-refractivity contribution in [1.82, 2.24) is 9.71 Å². The summed E-state index contributed by atoms with van der Waals surface area (Å²) in [5.74, 6) is -0.635. The number of nitrogen functional groups attached to an aromatic ring is 1. The van der Waals surface area contributed by atoms with Crippen molar-refractivity contribution in [3.05, 3.63) is 40.1 Å². The van der Waals surface area contributed by atoms with Gasteiger partial charge in [0.15, 0.2) is 0 Å². The van der Waals surface area contributed by atoms with Crippen molar-refractivity contribution in [2.24, 2.45) is 0 Å². The Kier molecular flexibility index (Phi) is 4.60. The number of halogens is 1. The number of nitrogens with one attached hydrogen (secondary N) is 1. The second kappa shape index (κ2) is 6.08. The molecule has 1 unspecified atom stereocenters. The van der Waals surface area contributed by atoms with Gasteiger partial charge in [0.05, 0.1) is 15.6 Å². The van der Waals surface area contributed by atoms with Gasteiger partial charge in [0.25, 0.3) is 0 Å². The van der Waals surface area contributed by atoms with Gasteiger partial charge in [-0.15, -0.1) is 11.3 Å². The molecule has 0 saturated heterocycles. The molecule has 1 aromatic heterocycles. The van der Waals surface area contributed by atoms with Crippen molar-refractivity contribution in [2.45, 2.75) is 24.7 Å². The van der Waals surface area contributed by atoms with Crippen LogP contribution in [-0.2, 0) is 10.0 Å². The lowest BCUT2D eigenvalue weighted by atomic mass is 10.2. The summed E-state index contributed by atoms with van der Waals surface area (Å²) in [5, 5.41) is 2.69. The number of sulfonamides is 1. The normalized spacial score (nSPS) is 13.3. The van der Waals surface area contributed by atoms with Crippen LogP contribution in [-0.4, -0.2) is 19.9 Å². The fourth-order valence-electron chi connectivity index (χ4n) is 1.80. The molecule has 0 aliphatic rings. The van der Waals surface area contributed by atoms with Crippen LogP contribution in [0.25, 0.3) is 0 Å². The van der Waals surface area contributed by atoms with E-state index < -0.39 is 15.8 Å². The Bertz CT molecular complexity index is 707. The topological polar surface area (TPSA) is 85.1 Å². The van der Waals surface area contributed by atoms with Crippen molar-refractivity contribution >= 4 is 27.0 Å². The third-order valence-electron chi connectivity index (χ3n) is 3.02. The fourth-order valence-corrected chi connectivity index (χ4v) is 3.75. The molecule has 5 nitrogen and oxygen atoms in total. The van der Waals surface area contributed by atoms with E-state index in [0.29, 0.717) is 0 Å². The zero-order valence-corrected chi connectivity index (χ0v) is 13.3. The summed E-state index contributed by atoms with van der Waals surface area (Å²) in [6, 6.07) is 2.39. The van der Waals surface area contributed by atoms with Crippen molar-refractivity contribution < 1.29 is 12.8 Å². The van der Waals surface area contributed by atoms with Crippen LogP contribution in [0.2, 0.25) is 0 Å². The number of thiazole rings is 1. The molecule has 0 radical (unpaired) electrons. The zero-order chi connectivity index (χ0) is 15.6. The maximum atomic E-state index is 13.5. The van der Waals surface area contributed by atoms with E-state index in [4.69, 9.17) is 5.73 Å². The molecule has 0 spiro atoms. The maximum Gasteiger partial charge on any atom is 0.240 e. The van der Waals surface area contributed by atoms with Crippen LogP contribution in [0.1, 0.15) is 23.4 Å². The first-order chi connectivity index (χ1) is 9.81. The van der Waals surface area contributed by atoms with Gasteiger partial charge < -0.3 is 5.73 Å². The Morgan fingerprint density at radius 3 is 2.76 bits per heavy atom. The summed E-state index contributed by atoms with van der Waals surface area (Å²) in [7, 11) is -3.73. The molecule has 3 N–H and O–H groups in total. The van der Waals surface area contributed by atoms with Gasteiger partial charge in [-0.2, -0.15) is 0 Å². The van der Waals surface area contributed by atoms with Crippen LogP contribution in [0.15, 0.2) is 28.6 Å². The van der Waals surface area contributed by atoms with E-state index in [0.717, 1.165) is 11.1 Å². The lowest BCUT2D eigenvalue weighted by Gasteiger charge is -2.12. The maximum absolute atomic E-state index is 13.5. The highest BCUT2D eigenvalue weighted by Crippen LogP contribution is 2.22. The van der Waals surface area contributed by atoms with E-state index in [-0.39, 0.29) is 28.6 Å². The predicted molar refractivity (Wildman–Crippen MR) is 81.3 cm³/mol. The van der Waals surface area contributed by atoms with Crippen LogP contribution >= 0.6 is 11.3 Å². The molecule has 1 aromatic carbocycles. The number of anilines is 1. The molecular weight excluding hydrogens is 313 g/mol. The highest BCUT2D eigenvalue weighted by molar-refractivity contribution is 7.89. The smallest absolute Gasteiger partial charge is 0.240 e. The summed E-state index contributed by atoms with van der Waals surface area (Å²) in [5.41, 5.74) is 5.50.